The molecule has 1 aliphatic rings. The second kappa shape index (κ2) is 5.84. The number of carbonyl (C=O) groups is 1. The summed E-state index contributed by atoms with van der Waals surface area (Å²) in [5.41, 5.74) is 4.59. The van der Waals surface area contributed by atoms with Crippen molar-refractivity contribution >= 4 is 28.9 Å². The van der Waals surface area contributed by atoms with Crippen molar-refractivity contribution in [1.82, 2.24) is 10.3 Å². The molecule has 1 unspecified atom stereocenters. The molecule has 0 spiro atoms. The van der Waals surface area contributed by atoms with Gasteiger partial charge in [0.2, 0.25) is 5.91 Å². The topological polar surface area (TPSA) is 80.0 Å². The quantitative estimate of drug-likeness (QED) is 0.735. The van der Waals surface area contributed by atoms with E-state index < -0.39 is 17.9 Å². The molecule has 0 radical (unpaired) electrons. The van der Waals surface area contributed by atoms with Gasteiger partial charge in [-0.05, 0) is 25.0 Å². The SMILES string of the molecule is NC(=S)c1ccc(C(F)(F)F)nc1NC1CCCNC1=O. The van der Waals surface area contributed by atoms with Gasteiger partial charge < -0.3 is 16.4 Å². The highest BCUT2D eigenvalue weighted by Crippen LogP contribution is 2.30. The molecule has 1 aromatic rings. The first kappa shape index (κ1) is 15.5. The first-order chi connectivity index (χ1) is 9.79. The molecule has 0 aromatic carbocycles. The van der Waals surface area contributed by atoms with Crippen molar-refractivity contribution in [2.45, 2.75) is 25.1 Å². The van der Waals surface area contributed by atoms with Crippen molar-refractivity contribution in [2.75, 3.05) is 11.9 Å². The molecule has 21 heavy (non-hydrogen) atoms. The van der Waals surface area contributed by atoms with Gasteiger partial charge >= 0.3 is 6.18 Å². The first-order valence-electron chi connectivity index (χ1n) is 6.21. The molecule has 114 valence electrons. The van der Waals surface area contributed by atoms with Crippen LogP contribution in [0.1, 0.15) is 24.1 Å². The zero-order valence-electron chi connectivity index (χ0n) is 10.8. The third kappa shape index (κ3) is 3.60. The number of halogens is 3. The molecule has 1 amide bonds. The molecule has 0 saturated carbocycles. The minimum atomic E-state index is -4.58. The summed E-state index contributed by atoms with van der Waals surface area (Å²) in [6.07, 6.45) is -3.36. The van der Waals surface area contributed by atoms with E-state index in [4.69, 9.17) is 18.0 Å². The van der Waals surface area contributed by atoms with Gasteiger partial charge in [-0.1, -0.05) is 12.2 Å². The Labute approximate surface area is 124 Å². The van der Waals surface area contributed by atoms with Crippen molar-refractivity contribution in [3.05, 3.63) is 23.4 Å². The highest BCUT2D eigenvalue weighted by molar-refractivity contribution is 7.80. The summed E-state index contributed by atoms with van der Waals surface area (Å²) in [6, 6.07) is 1.31. The Morgan fingerprint density at radius 2 is 2.19 bits per heavy atom. The number of nitrogens with two attached hydrogens (primary N) is 1. The lowest BCUT2D eigenvalue weighted by Crippen LogP contribution is -2.44. The van der Waals surface area contributed by atoms with Crippen LogP contribution in [0.5, 0.6) is 0 Å². The highest BCUT2D eigenvalue weighted by Gasteiger charge is 2.34. The van der Waals surface area contributed by atoms with Crippen LogP contribution >= 0.6 is 12.2 Å². The van der Waals surface area contributed by atoms with Crippen LogP contribution in [-0.2, 0) is 11.0 Å². The second-order valence-electron chi connectivity index (χ2n) is 4.58. The number of amides is 1. The lowest BCUT2D eigenvalue weighted by atomic mass is 10.1. The average Bonchev–Trinajstić information content (AvgIpc) is 2.40. The molecule has 0 aliphatic carbocycles. The maximum Gasteiger partial charge on any atom is 0.433 e. The maximum absolute atomic E-state index is 12.7. The number of pyridine rings is 1. The van der Waals surface area contributed by atoms with Gasteiger partial charge in [-0.25, -0.2) is 4.98 Å². The van der Waals surface area contributed by atoms with E-state index in [-0.39, 0.29) is 22.3 Å². The van der Waals surface area contributed by atoms with Crippen LogP contribution in [0.25, 0.3) is 0 Å². The summed E-state index contributed by atoms with van der Waals surface area (Å²) in [5, 5.41) is 5.33. The molecule has 4 N–H and O–H groups in total. The third-order valence-electron chi connectivity index (χ3n) is 3.05. The lowest BCUT2D eigenvalue weighted by Gasteiger charge is -2.24. The van der Waals surface area contributed by atoms with E-state index in [9.17, 15) is 18.0 Å². The number of piperidine rings is 1. The normalized spacial score (nSPS) is 19.0. The maximum atomic E-state index is 12.7. The van der Waals surface area contributed by atoms with E-state index in [0.29, 0.717) is 13.0 Å². The Hall–Kier alpha value is -1.90. The van der Waals surface area contributed by atoms with E-state index >= 15 is 0 Å². The summed E-state index contributed by atoms with van der Waals surface area (Å²) in [7, 11) is 0. The molecule has 9 heteroatoms. The third-order valence-corrected chi connectivity index (χ3v) is 3.27. The monoisotopic (exact) mass is 318 g/mol. The van der Waals surface area contributed by atoms with E-state index in [1.54, 1.807) is 0 Å². The van der Waals surface area contributed by atoms with Crippen LogP contribution in [-0.4, -0.2) is 28.5 Å². The molecule has 0 bridgehead atoms. The van der Waals surface area contributed by atoms with Crippen molar-refractivity contribution in [3.63, 3.8) is 0 Å². The fourth-order valence-electron chi connectivity index (χ4n) is 2.00. The van der Waals surface area contributed by atoms with E-state index in [2.05, 4.69) is 15.6 Å². The second-order valence-corrected chi connectivity index (χ2v) is 5.02. The smallest absolute Gasteiger partial charge is 0.389 e. The van der Waals surface area contributed by atoms with E-state index in [0.717, 1.165) is 18.6 Å². The molecule has 1 aromatic heterocycles. The van der Waals surface area contributed by atoms with E-state index in [1.165, 1.54) is 0 Å². The van der Waals surface area contributed by atoms with Gasteiger partial charge in [0.15, 0.2) is 0 Å². The molecule has 1 fully saturated rings. The van der Waals surface area contributed by atoms with Crippen LogP contribution in [0, 0.1) is 0 Å². The zero-order chi connectivity index (χ0) is 15.6. The Morgan fingerprint density at radius 1 is 1.48 bits per heavy atom. The van der Waals surface area contributed by atoms with Gasteiger partial charge in [-0.2, -0.15) is 13.2 Å². The minimum Gasteiger partial charge on any atom is -0.389 e. The number of rotatable bonds is 3. The standard InChI is InChI=1S/C12H13F3N4OS/c13-12(14,15)8-4-3-6(9(16)21)10(19-8)18-7-2-1-5-17-11(7)20/h3-4,7H,1-2,5H2,(H2,16,21)(H,17,20)(H,18,19). The van der Waals surface area contributed by atoms with Gasteiger partial charge in [-0.3, -0.25) is 4.79 Å². The molecule has 1 aliphatic heterocycles. The number of nitrogens with one attached hydrogen (secondary N) is 2. The Balaban J connectivity index is 2.34. The van der Waals surface area contributed by atoms with Gasteiger partial charge in [0.05, 0.1) is 5.56 Å². The number of hydrogen-bond acceptors (Lipinski definition) is 4. The number of alkyl halides is 3. The predicted molar refractivity (Wildman–Crippen MR) is 74.8 cm³/mol. The highest BCUT2D eigenvalue weighted by atomic mass is 32.1. The summed E-state index contributed by atoms with van der Waals surface area (Å²) in [5.74, 6) is -0.409. The van der Waals surface area contributed by atoms with Crippen molar-refractivity contribution < 1.29 is 18.0 Å². The van der Waals surface area contributed by atoms with Crippen LogP contribution in [0.4, 0.5) is 19.0 Å². The first-order valence-corrected chi connectivity index (χ1v) is 6.62. The van der Waals surface area contributed by atoms with Crippen LogP contribution < -0.4 is 16.4 Å². The Morgan fingerprint density at radius 3 is 2.76 bits per heavy atom. The fraction of sp³-hybridized carbons (Fsp3) is 0.417. The summed E-state index contributed by atoms with van der Waals surface area (Å²) < 4.78 is 38.2. The number of thiocarbonyl (C=S) groups is 1. The van der Waals surface area contributed by atoms with Crippen LogP contribution in [0.3, 0.4) is 0 Å². The summed E-state index contributed by atoms with van der Waals surface area (Å²) in [6.45, 7) is 0.551. The number of nitrogens with zero attached hydrogens (tertiary/aromatic N) is 1. The summed E-state index contributed by atoms with van der Waals surface area (Å²) >= 11 is 4.80. The molecule has 2 rings (SSSR count). The number of anilines is 1. The average molecular weight is 318 g/mol. The molecule has 2 heterocycles. The molecule has 5 nitrogen and oxygen atoms in total. The van der Waals surface area contributed by atoms with E-state index in [1.807, 2.05) is 0 Å². The molecular weight excluding hydrogens is 305 g/mol. The molecule has 1 saturated heterocycles. The van der Waals surface area contributed by atoms with Gasteiger partial charge in [0, 0.05) is 6.54 Å². The van der Waals surface area contributed by atoms with Crippen LogP contribution in [0.15, 0.2) is 12.1 Å². The Bertz CT molecular complexity index is 576. The van der Waals surface area contributed by atoms with Crippen molar-refractivity contribution in [1.29, 1.82) is 0 Å². The number of carbonyl (C=O) groups excluding carboxylic acids is 1. The molecule has 1 atom stereocenters. The number of aromatic nitrogens is 1. The zero-order valence-corrected chi connectivity index (χ0v) is 11.6. The molecular formula is C12H13F3N4OS. The van der Waals surface area contributed by atoms with Gasteiger partial charge in [-0.15, -0.1) is 0 Å². The summed E-state index contributed by atoms with van der Waals surface area (Å²) in [4.78, 5) is 15.1. The van der Waals surface area contributed by atoms with Gasteiger partial charge in [0.25, 0.3) is 0 Å². The van der Waals surface area contributed by atoms with Gasteiger partial charge in [0.1, 0.15) is 22.5 Å². The lowest BCUT2D eigenvalue weighted by molar-refractivity contribution is -0.141. The Kier molecular flexibility index (Phi) is 4.31. The fourth-order valence-corrected chi connectivity index (χ4v) is 2.17. The minimum absolute atomic E-state index is 0.0880. The predicted octanol–water partition coefficient (Wildman–Crippen LogP) is 1.43. The van der Waals surface area contributed by atoms with Crippen molar-refractivity contribution in [3.8, 4) is 0 Å². The number of hydrogen-bond donors (Lipinski definition) is 3. The van der Waals surface area contributed by atoms with Crippen LogP contribution in [0.2, 0.25) is 0 Å². The largest absolute Gasteiger partial charge is 0.433 e. The van der Waals surface area contributed by atoms with Crippen molar-refractivity contribution in [2.24, 2.45) is 5.73 Å².